The zero-order valence-electron chi connectivity index (χ0n) is 7.86. The quantitative estimate of drug-likeness (QED) is 0.738. The summed E-state index contributed by atoms with van der Waals surface area (Å²) < 4.78 is 0. The van der Waals surface area contributed by atoms with Crippen molar-refractivity contribution in [2.24, 2.45) is 0 Å². The van der Waals surface area contributed by atoms with Crippen LogP contribution in [0.25, 0.3) is 11.1 Å². The van der Waals surface area contributed by atoms with Gasteiger partial charge in [-0.3, -0.25) is 4.98 Å². The third-order valence-corrected chi connectivity index (χ3v) is 2.14. The predicted molar refractivity (Wildman–Crippen MR) is 54.9 cm³/mol. The monoisotopic (exact) mass is 184 g/mol. The van der Waals surface area contributed by atoms with Gasteiger partial charge in [0.25, 0.3) is 0 Å². The molecular weight excluding hydrogens is 174 g/mol. The van der Waals surface area contributed by atoms with Crippen LogP contribution in [0.4, 0.5) is 0 Å². The maximum atomic E-state index is 9.64. The second-order valence-electron chi connectivity index (χ2n) is 3.13. The number of aryl methyl sites for hydroxylation is 1. The standard InChI is InChI=1S/C12H10NO/c1-9-6-7-13-8-11(9)10-4-2-3-5-12(10)14/h2-7,14H,1H3. The average Bonchev–Trinajstić information content (AvgIpc) is 2.20. The van der Waals surface area contributed by atoms with Gasteiger partial charge in [0.2, 0.25) is 0 Å². The maximum Gasteiger partial charge on any atom is 0.123 e. The van der Waals surface area contributed by atoms with E-state index in [0.717, 1.165) is 16.7 Å². The van der Waals surface area contributed by atoms with E-state index in [1.54, 1.807) is 18.3 Å². The molecule has 0 aliphatic rings. The Balaban J connectivity index is 2.61. The Morgan fingerprint density at radius 1 is 1.21 bits per heavy atom. The van der Waals surface area contributed by atoms with E-state index >= 15 is 0 Å². The van der Waals surface area contributed by atoms with Gasteiger partial charge in [-0.1, -0.05) is 18.2 Å². The van der Waals surface area contributed by atoms with Crippen molar-refractivity contribution < 1.29 is 5.11 Å². The smallest absolute Gasteiger partial charge is 0.123 e. The number of phenolic OH excluding ortho intramolecular Hbond substituents is 1. The minimum Gasteiger partial charge on any atom is -0.507 e. The maximum absolute atomic E-state index is 9.64. The molecule has 1 heterocycles. The van der Waals surface area contributed by atoms with Crippen molar-refractivity contribution in [3.8, 4) is 16.9 Å². The summed E-state index contributed by atoms with van der Waals surface area (Å²) in [6, 6.07) is 9.10. The largest absolute Gasteiger partial charge is 0.507 e. The Bertz CT molecular complexity index is 408. The molecule has 0 bridgehead atoms. The SMILES string of the molecule is Cc1ccn[c]c1-c1ccccc1O. The molecule has 0 fully saturated rings. The van der Waals surface area contributed by atoms with Gasteiger partial charge in [0, 0.05) is 17.3 Å². The second kappa shape index (κ2) is 3.50. The number of aromatic hydroxyl groups is 1. The molecule has 0 atom stereocenters. The van der Waals surface area contributed by atoms with Gasteiger partial charge in [-0.05, 0) is 24.6 Å². The number of para-hydroxylation sites is 1. The van der Waals surface area contributed by atoms with Gasteiger partial charge in [0.15, 0.2) is 0 Å². The molecule has 2 aromatic rings. The molecule has 2 nitrogen and oxygen atoms in total. The highest BCUT2D eigenvalue weighted by atomic mass is 16.3. The molecule has 1 radical (unpaired) electrons. The Labute approximate surface area is 82.9 Å². The van der Waals surface area contributed by atoms with Gasteiger partial charge in [0.1, 0.15) is 5.75 Å². The summed E-state index contributed by atoms with van der Waals surface area (Å²) >= 11 is 0. The number of pyridine rings is 1. The molecule has 0 aliphatic heterocycles. The predicted octanol–water partition coefficient (Wildman–Crippen LogP) is 2.56. The van der Waals surface area contributed by atoms with E-state index in [4.69, 9.17) is 0 Å². The first-order valence-corrected chi connectivity index (χ1v) is 4.40. The number of hydrogen-bond acceptors (Lipinski definition) is 2. The third kappa shape index (κ3) is 1.46. The van der Waals surface area contributed by atoms with Crippen LogP contribution in [0, 0.1) is 13.1 Å². The number of hydrogen-bond donors (Lipinski definition) is 1. The molecule has 2 rings (SSSR count). The molecule has 0 aliphatic carbocycles. The fourth-order valence-corrected chi connectivity index (χ4v) is 1.38. The summed E-state index contributed by atoms with van der Waals surface area (Å²) in [7, 11) is 0. The van der Waals surface area contributed by atoms with Crippen molar-refractivity contribution >= 4 is 0 Å². The van der Waals surface area contributed by atoms with E-state index in [1.807, 2.05) is 25.1 Å². The van der Waals surface area contributed by atoms with Crippen LogP contribution in [0.2, 0.25) is 0 Å². The summed E-state index contributed by atoms with van der Waals surface area (Å²) in [6.45, 7) is 1.97. The van der Waals surface area contributed by atoms with Gasteiger partial charge in [0.05, 0.1) is 6.20 Å². The first-order valence-electron chi connectivity index (χ1n) is 4.40. The molecule has 0 spiro atoms. The summed E-state index contributed by atoms with van der Waals surface area (Å²) in [5, 5.41) is 9.64. The molecule has 0 saturated carbocycles. The molecule has 1 aromatic heterocycles. The van der Waals surface area contributed by atoms with Crippen molar-refractivity contribution in [3.63, 3.8) is 0 Å². The zero-order chi connectivity index (χ0) is 9.97. The molecule has 0 unspecified atom stereocenters. The zero-order valence-corrected chi connectivity index (χ0v) is 7.86. The number of nitrogens with zero attached hydrogens (tertiary/aromatic N) is 1. The van der Waals surface area contributed by atoms with Crippen molar-refractivity contribution in [1.29, 1.82) is 0 Å². The van der Waals surface area contributed by atoms with E-state index < -0.39 is 0 Å². The highest BCUT2D eigenvalue weighted by Gasteiger charge is 2.05. The van der Waals surface area contributed by atoms with Crippen molar-refractivity contribution in [1.82, 2.24) is 4.98 Å². The minimum atomic E-state index is 0.264. The van der Waals surface area contributed by atoms with Gasteiger partial charge < -0.3 is 5.11 Å². The molecule has 1 N–H and O–H groups in total. The average molecular weight is 184 g/mol. The molecule has 14 heavy (non-hydrogen) atoms. The van der Waals surface area contributed by atoms with Crippen LogP contribution < -0.4 is 0 Å². The third-order valence-electron chi connectivity index (χ3n) is 2.14. The lowest BCUT2D eigenvalue weighted by Gasteiger charge is -2.05. The fourth-order valence-electron chi connectivity index (χ4n) is 1.38. The molecule has 0 amide bonds. The summed E-state index contributed by atoms with van der Waals surface area (Å²) in [5.74, 6) is 0.264. The molecular formula is C12H10NO. The summed E-state index contributed by atoms with van der Waals surface area (Å²) in [6.07, 6.45) is 4.58. The highest BCUT2D eigenvalue weighted by molar-refractivity contribution is 5.71. The number of aromatic nitrogens is 1. The normalized spacial score (nSPS) is 10.1. The summed E-state index contributed by atoms with van der Waals surface area (Å²) in [5.41, 5.74) is 2.69. The van der Waals surface area contributed by atoms with E-state index in [9.17, 15) is 5.11 Å². The van der Waals surface area contributed by atoms with E-state index in [2.05, 4.69) is 11.2 Å². The molecule has 69 valence electrons. The van der Waals surface area contributed by atoms with Crippen molar-refractivity contribution in [2.45, 2.75) is 6.92 Å². The van der Waals surface area contributed by atoms with Crippen LogP contribution in [-0.2, 0) is 0 Å². The lowest BCUT2D eigenvalue weighted by atomic mass is 10.0. The van der Waals surface area contributed by atoms with E-state index in [1.165, 1.54) is 0 Å². The first-order chi connectivity index (χ1) is 6.79. The van der Waals surface area contributed by atoms with E-state index in [-0.39, 0.29) is 5.75 Å². The van der Waals surface area contributed by atoms with Crippen LogP contribution in [-0.4, -0.2) is 10.1 Å². The van der Waals surface area contributed by atoms with Crippen LogP contribution in [0.3, 0.4) is 0 Å². The molecule has 0 saturated heterocycles. The lowest BCUT2D eigenvalue weighted by molar-refractivity contribution is 0.477. The summed E-state index contributed by atoms with van der Waals surface area (Å²) in [4.78, 5) is 3.93. The Morgan fingerprint density at radius 2 is 2.00 bits per heavy atom. The number of benzene rings is 1. The van der Waals surface area contributed by atoms with Crippen LogP contribution >= 0.6 is 0 Å². The van der Waals surface area contributed by atoms with Crippen LogP contribution in [0.1, 0.15) is 5.56 Å². The van der Waals surface area contributed by atoms with Gasteiger partial charge in [-0.25, -0.2) is 0 Å². The molecule has 2 heteroatoms. The molecule has 1 aromatic carbocycles. The van der Waals surface area contributed by atoms with Gasteiger partial charge in [-0.15, -0.1) is 0 Å². The Morgan fingerprint density at radius 3 is 2.71 bits per heavy atom. The second-order valence-corrected chi connectivity index (χ2v) is 3.13. The van der Waals surface area contributed by atoms with Crippen molar-refractivity contribution in [2.75, 3.05) is 0 Å². The topological polar surface area (TPSA) is 33.1 Å². The van der Waals surface area contributed by atoms with Crippen molar-refractivity contribution in [3.05, 3.63) is 48.3 Å². The Kier molecular flexibility index (Phi) is 2.19. The lowest BCUT2D eigenvalue weighted by Crippen LogP contribution is -1.85. The fraction of sp³-hybridized carbons (Fsp3) is 0.0833. The van der Waals surface area contributed by atoms with E-state index in [0.29, 0.717) is 0 Å². The minimum absolute atomic E-state index is 0.264. The van der Waals surface area contributed by atoms with Crippen LogP contribution in [0.5, 0.6) is 5.75 Å². The Hall–Kier alpha value is -1.83. The number of phenols is 1. The van der Waals surface area contributed by atoms with Gasteiger partial charge in [-0.2, -0.15) is 0 Å². The van der Waals surface area contributed by atoms with Gasteiger partial charge >= 0.3 is 0 Å². The first kappa shape index (κ1) is 8.75. The van der Waals surface area contributed by atoms with Crippen LogP contribution in [0.15, 0.2) is 36.5 Å². The number of rotatable bonds is 1. The highest BCUT2D eigenvalue weighted by Crippen LogP contribution is 2.29.